The number of rotatable bonds is 12. The number of carbonyl (C=O) groups excluding carboxylic acids is 2. The van der Waals surface area contributed by atoms with Gasteiger partial charge in [0.15, 0.2) is 4.34 Å². The highest BCUT2D eigenvalue weighted by molar-refractivity contribution is 8.01. The van der Waals surface area contributed by atoms with Gasteiger partial charge in [0.25, 0.3) is 0 Å². The molecule has 0 fully saturated rings. The number of nitrogens with zero attached hydrogens (tertiary/aromatic N) is 5. The van der Waals surface area contributed by atoms with Crippen molar-refractivity contribution >= 4 is 68.3 Å². The summed E-state index contributed by atoms with van der Waals surface area (Å²) in [6, 6.07) is 22.4. The van der Waals surface area contributed by atoms with E-state index in [1.54, 1.807) is 4.68 Å². The van der Waals surface area contributed by atoms with E-state index in [0.717, 1.165) is 26.0 Å². The van der Waals surface area contributed by atoms with E-state index in [2.05, 4.69) is 31.1 Å². The van der Waals surface area contributed by atoms with Gasteiger partial charge in [-0.2, -0.15) is 4.68 Å². The van der Waals surface area contributed by atoms with Crippen LogP contribution >= 0.6 is 34.9 Å². The summed E-state index contributed by atoms with van der Waals surface area (Å²) < 4.78 is 8.76. The smallest absolute Gasteiger partial charge is 0.237 e. The number of thiazole rings is 1. The van der Waals surface area contributed by atoms with Gasteiger partial charge in [0, 0.05) is 11.4 Å². The van der Waals surface area contributed by atoms with Gasteiger partial charge >= 0.3 is 0 Å². The van der Waals surface area contributed by atoms with Gasteiger partial charge in [-0.3, -0.25) is 9.59 Å². The van der Waals surface area contributed by atoms with Crippen LogP contribution in [0.15, 0.2) is 82.3 Å². The molecule has 3 aromatic carbocycles. The van der Waals surface area contributed by atoms with Crippen LogP contribution in [0.2, 0.25) is 0 Å². The molecule has 0 saturated heterocycles. The Hall–Kier alpha value is -3.94. The lowest BCUT2D eigenvalue weighted by atomic mass is 10.2. The van der Waals surface area contributed by atoms with Crippen molar-refractivity contribution in [2.75, 3.05) is 23.0 Å². The third-order valence-corrected chi connectivity index (χ3v) is 9.22. The molecule has 5 aromatic rings. The first kappa shape index (κ1) is 28.6. The summed E-state index contributed by atoms with van der Waals surface area (Å²) in [6.45, 7) is 4.47. The molecular formula is C28H27N7O3S3. The first-order valence-corrected chi connectivity index (χ1v) is 15.6. The molecule has 0 aliphatic heterocycles. The molecule has 0 spiro atoms. The summed E-state index contributed by atoms with van der Waals surface area (Å²) in [5, 5.41) is 18.1. The van der Waals surface area contributed by atoms with Gasteiger partial charge in [0.1, 0.15) is 5.75 Å². The molecule has 0 saturated carbocycles. The minimum atomic E-state index is -0.388. The number of carbonyl (C=O) groups is 2. The number of tetrazole rings is 1. The molecule has 13 heteroatoms. The van der Waals surface area contributed by atoms with E-state index in [1.807, 2.05) is 86.6 Å². The molecule has 10 nitrogen and oxygen atoms in total. The van der Waals surface area contributed by atoms with E-state index in [9.17, 15) is 9.59 Å². The second kappa shape index (κ2) is 13.6. The molecule has 41 heavy (non-hydrogen) atoms. The Bertz CT molecular complexity index is 1620. The predicted molar refractivity (Wildman–Crippen MR) is 164 cm³/mol. The van der Waals surface area contributed by atoms with Crippen molar-refractivity contribution in [3.63, 3.8) is 0 Å². The number of nitrogens with one attached hydrogen (secondary N) is 2. The maximum Gasteiger partial charge on any atom is 0.237 e. The molecule has 1 atom stereocenters. The highest BCUT2D eigenvalue weighted by Gasteiger charge is 2.22. The number of para-hydroxylation sites is 1. The normalized spacial score (nSPS) is 11.8. The second-order valence-electron chi connectivity index (χ2n) is 8.67. The number of hydrogen-bond acceptors (Lipinski definition) is 10. The summed E-state index contributed by atoms with van der Waals surface area (Å²) in [6.07, 6.45) is 0.598. The van der Waals surface area contributed by atoms with Crippen molar-refractivity contribution in [1.29, 1.82) is 0 Å². The summed E-state index contributed by atoms with van der Waals surface area (Å²) in [5.41, 5.74) is 3.03. The quantitative estimate of drug-likeness (QED) is 0.167. The summed E-state index contributed by atoms with van der Waals surface area (Å²) in [7, 11) is 0. The van der Waals surface area contributed by atoms with Gasteiger partial charge in [-0.1, -0.05) is 48.6 Å². The Morgan fingerprint density at radius 2 is 1.78 bits per heavy atom. The molecule has 0 aliphatic carbocycles. The molecule has 2 aromatic heterocycles. The van der Waals surface area contributed by atoms with E-state index in [1.165, 1.54) is 34.9 Å². The van der Waals surface area contributed by atoms with E-state index in [-0.39, 0.29) is 22.8 Å². The van der Waals surface area contributed by atoms with Crippen LogP contribution in [0.1, 0.15) is 20.3 Å². The maximum atomic E-state index is 13.2. The van der Waals surface area contributed by atoms with Gasteiger partial charge in [-0.15, -0.1) is 16.4 Å². The number of aromatic nitrogens is 5. The van der Waals surface area contributed by atoms with Crippen LogP contribution in [0, 0.1) is 0 Å². The van der Waals surface area contributed by atoms with Crippen molar-refractivity contribution in [1.82, 2.24) is 25.2 Å². The largest absolute Gasteiger partial charge is 0.494 e. The van der Waals surface area contributed by atoms with Crippen LogP contribution < -0.4 is 15.4 Å². The van der Waals surface area contributed by atoms with E-state index >= 15 is 0 Å². The summed E-state index contributed by atoms with van der Waals surface area (Å²) in [4.78, 5) is 30.2. The molecule has 0 bridgehead atoms. The summed E-state index contributed by atoms with van der Waals surface area (Å²) in [5.74, 6) is 0.741. The lowest BCUT2D eigenvalue weighted by Crippen LogP contribution is -2.25. The Morgan fingerprint density at radius 3 is 2.54 bits per heavy atom. The van der Waals surface area contributed by atoms with Crippen molar-refractivity contribution in [3.8, 4) is 11.4 Å². The minimum Gasteiger partial charge on any atom is -0.494 e. The first-order chi connectivity index (χ1) is 20.0. The van der Waals surface area contributed by atoms with Gasteiger partial charge in [-0.05, 0) is 78.4 Å². The zero-order valence-corrected chi connectivity index (χ0v) is 24.8. The topological polar surface area (TPSA) is 124 Å². The van der Waals surface area contributed by atoms with E-state index in [0.29, 0.717) is 29.6 Å². The van der Waals surface area contributed by atoms with Crippen LogP contribution in [0.5, 0.6) is 5.75 Å². The molecule has 0 radical (unpaired) electrons. The second-order valence-corrected chi connectivity index (χ2v) is 12.1. The maximum absolute atomic E-state index is 13.2. The SMILES string of the molecule is CCOc1ccc(NC(=O)CSc2nc3ccc(NC(=O)[C@H](CC)Sc4nnnn4-c4ccccc4)cc3s2)cc1. The van der Waals surface area contributed by atoms with Crippen molar-refractivity contribution in [3.05, 3.63) is 72.8 Å². The number of fused-ring (bicyclic) bond motifs is 1. The summed E-state index contributed by atoms with van der Waals surface area (Å²) >= 11 is 4.18. The van der Waals surface area contributed by atoms with Gasteiger partial charge in [0.05, 0.1) is 33.5 Å². The van der Waals surface area contributed by atoms with Crippen molar-refractivity contribution in [2.45, 2.75) is 35.0 Å². The number of hydrogen-bond donors (Lipinski definition) is 2. The van der Waals surface area contributed by atoms with Crippen LogP contribution in [0.3, 0.4) is 0 Å². The van der Waals surface area contributed by atoms with Gasteiger partial charge in [-0.25, -0.2) is 4.98 Å². The van der Waals surface area contributed by atoms with Crippen LogP contribution in [-0.4, -0.2) is 54.6 Å². The minimum absolute atomic E-state index is 0.118. The van der Waals surface area contributed by atoms with Gasteiger partial charge in [0.2, 0.25) is 17.0 Å². The lowest BCUT2D eigenvalue weighted by molar-refractivity contribution is -0.116. The highest BCUT2D eigenvalue weighted by Crippen LogP contribution is 2.32. The zero-order chi connectivity index (χ0) is 28.6. The Labute approximate surface area is 249 Å². The average Bonchev–Trinajstić information content (AvgIpc) is 3.63. The Morgan fingerprint density at radius 1 is 1.00 bits per heavy atom. The fourth-order valence-electron chi connectivity index (χ4n) is 3.82. The third-order valence-electron chi connectivity index (χ3n) is 5.76. The van der Waals surface area contributed by atoms with E-state index in [4.69, 9.17) is 4.74 Å². The molecule has 210 valence electrons. The van der Waals surface area contributed by atoms with Crippen LogP contribution in [0.4, 0.5) is 11.4 Å². The monoisotopic (exact) mass is 605 g/mol. The molecule has 0 unspecified atom stereocenters. The van der Waals surface area contributed by atoms with Crippen LogP contribution in [0.25, 0.3) is 15.9 Å². The molecule has 0 aliphatic rings. The zero-order valence-electron chi connectivity index (χ0n) is 22.3. The molecule has 2 heterocycles. The molecular weight excluding hydrogens is 579 g/mol. The number of amides is 2. The average molecular weight is 606 g/mol. The predicted octanol–water partition coefficient (Wildman–Crippen LogP) is 5.91. The molecule has 5 rings (SSSR count). The van der Waals surface area contributed by atoms with Crippen LogP contribution in [-0.2, 0) is 9.59 Å². The third kappa shape index (κ3) is 7.43. The Balaban J connectivity index is 1.18. The number of benzene rings is 3. The fraction of sp³-hybridized carbons (Fsp3) is 0.214. The van der Waals surface area contributed by atoms with Crippen molar-refractivity contribution in [2.24, 2.45) is 0 Å². The number of ether oxygens (including phenoxy) is 1. The highest BCUT2D eigenvalue weighted by atomic mass is 32.2. The standard InChI is InChI=1S/C28H27N7O3S3/c1-3-23(40-27-32-33-34-35(27)20-8-6-5-7-9-20)26(37)30-19-12-15-22-24(16-19)41-28(31-22)39-17-25(36)29-18-10-13-21(14-11-18)38-4-2/h5-16,23H,3-4,17H2,1-2H3,(H,29,36)(H,30,37)/t23-/m0/s1. The number of thioether (sulfide) groups is 2. The lowest BCUT2D eigenvalue weighted by Gasteiger charge is -2.14. The van der Waals surface area contributed by atoms with E-state index < -0.39 is 0 Å². The fourth-order valence-corrected chi connectivity index (χ4v) is 6.64. The van der Waals surface area contributed by atoms with Gasteiger partial charge < -0.3 is 15.4 Å². The number of anilines is 2. The molecule has 2 N–H and O–H groups in total. The first-order valence-electron chi connectivity index (χ1n) is 12.9. The Kier molecular flexibility index (Phi) is 9.49. The molecule has 2 amide bonds. The van der Waals surface area contributed by atoms with Crippen molar-refractivity contribution < 1.29 is 14.3 Å².